The molecule has 0 amide bonds. The van der Waals surface area contributed by atoms with Crippen LogP contribution in [-0.4, -0.2) is 5.03 Å². The molecule has 1 rings (SSSR count). The predicted octanol–water partition coefficient (Wildman–Crippen LogP) is 1.53. The Morgan fingerprint density at radius 3 is 3.00 bits per heavy atom. The van der Waals surface area contributed by atoms with Crippen molar-refractivity contribution in [2.75, 3.05) is 5.43 Å². The summed E-state index contributed by atoms with van der Waals surface area (Å²) in [6.07, 6.45) is 0. The van der Waals surface area contributed by atoms with Gasteiger partial charge in [-0.25, -0.2) is 10.1 Å². The fourth-order valence-corrected chi connectivity index (χ4v) is 1.60. The molecule has 0 bridgehead atoms. The normalized spacial score (nSPS) is 9.00. The summed E-state index contributed by atoms with van der Waals surface area (Å²) in [5.41, 5.74) is 2.28. The number of nitro groups is 1. The molecular formula is C6H5N3O2S. The van der Waals surface area contributed by atoms with Crippen molar-refractivity contribution in [3.05, 3.63) is 26.6 Å². The third kappa shape index (κ3) is 1.71. The second-order valence-electron chi connectivity index (χ2n) is 2.08. The Labute approximate surface area is 72.4 Å². The molecule has 0 aliphatic carbocycles. The summed E-state index contributed by atoms with van der Waals surface area (Å²) < 4.78 is 0. The Kier molecular flexibility index (Phi) is 2.26. The molecule has 62 valence electrons. The quantitative estimate of drug-likeness (QED) is 0.557. The monoisotopic (exact) mass is 183 g/mol. The number of thiophene rings is 1. The standard InChI is InChI=1S/C6H5N3O2S/c1-4-2-5(3-7)6(12-4)8-9(10)11/h2,8H,1H3. The summed E-state index contributed by atoms with van der Waals surface area (Å²) in [5, 5.41) is 18.2. The molecule has 12 heavy (non-hydrogen) atoms. The average Bonchev–Trinajstić information content (AvgIpc) is 2.29. The Hall–Kier alpha value is -1.61. The zero-order valence-corrected chi connectivity index (χ0v) is 7.01. The van der Waals surface area contributed by atoms with Gasteiger partial charge in [-0.2, -0.15) is 5.26 Å². The van der Waals surface area contributed by atoms with Crippen LogP contribution in [0.1, 0.15) is 10.4 Å². The van der Waals surface area contributed by atoms with E-state index in [-0.39, 0.29) is 0 Å². The number of hydrogen-bond donors (Lipinski definition) is 1. The van der Waals surface area contributed by atoms with Gasteiger partial charge in [0, 0.05) is 4.88 Å². The highest BCUT2D eigenvalue weighted by Crippen LogP contribution is 2.26. The van der Waals surface area contributed by atoms with E-state index >= 15 is 0 Å². The van der Waals surface area contributed by atoms with E-state index < -0.39 is 5.03 Å². The molecule has 0 atom stereocenters. The van der Waals surface area contributed by atoms with Crippen LogP contribution < -0.4 is 5.43 Å². The minimum Gasteiger partial charge on any atom is -0.234 e. The molecule has 0 unspecified atom stereocenters. The van der Waals surface area contributed by atoms with Crippen LogP contribution in [0.15, 0.2) is 6.07 Å². The van der Waals surface area contributed by atoms with E-state index in [2.05, 4.69) is 0 Å². The lowest BCUT2D eigenvalue weighted by Crippen LogP contribution is -2.06. The largest absolute Gasteiger partial charge is 0.234 e. The molecule has 1 N–H and O–H groups in total. The molecule has 0 spiro atoms. The molecule has 6 heteroatoms. The number of hydrogen-bond acceptors (Lipinski definition) is 4. The van der Waals surface area contributed by atoms with Crippen LogP contribution in [0.25, 0.3) is 0 Å². The maximum absolute atomic E-state index is 10.0. The van der Waals surface area contributed by atoms with Crippen molar-refractivity contribution >= 4 is 16.3 Å². The number of nitrogens with zero attached hydrogens (tertiary/aromatic N) is 2. The van der Waals surface area contributed by atoms with Crippen LogP contribution in [0, 0.1) is 28.4 Å². The summed E-state index contributed by atoms with van der Waals surface area (Å²) >= 11 is 1.19. The van der Waals surface area contributed by atoms with E-state index in [1.54, 1.807) is 13.0 Å². The molecule has 0 saturated heterocycles. The van der Waals surface area contributed by atoms with Crippen LogP contribution in [0.4, 0.5) is 5.00 Å². The molecule has 1 aromatic rings. The van der Waals surface area contributed by atoms with Gasteiger partial charge in [0.1, 0.15) is 6.07 Å². The maximum atomic E-state index is 10.0. The molecule has 0 aromatic carbocycles. The van der Waals surface area contributed by atoms with Gasteiger partial charge in [0.05, 0.1) is 5.56 Å². The van der Waals surface area contributed by atoms with E-state index in [0.717, 1.165) is 4.88 Å². The van der Waals surface area contributed by atoms with Crippen LogP contribution in [-0.2, 0) is 0 Å². The number of anilines is 1. The van der Waals surface area contributed by atoms with E-state index in [4.69, 9.17) is 5.26 Å². The van der Waals surface area contributed by atoms with Gasteiger partial charge in [0.2, 0.25) is 0 Å². The fraction of sp³-hybridized carbons (Fsp3) is 0.167. The number of nitriles is 1. The van der Waals surface area contributed by atoms with Gasteiger partial charge in [-0.1, -0.05) is 5.43 Å². The molecule has 0 fully saturated rings. The highest BCUT2D eigenvalue weighted by Gasteiger charge is 2.09. The third-order valence-electron chi connectivity index (χ3n) is 1.17. The Morgan fingerprint density at radius 1 is 1.83 bits per heavy atom. The molecule has 0 aliphatic rings. The first kappa shape index (κ1) is 8.49. The van der Waals surface area contributed by atoms with Gasteiger partial charge in [0.25, 0.3) is 0 Å². The second kappa shape index (κ2) is 3.19. The van der Waals surface area contributed by atoms with Crippen LogP contribution in [0.2, 0.25) is 0 Å². The lowest BCUT2D eigenvalue weighted by Gasteiger charge is -1.90. The van der Waals surface area contributed by atoms with E-state index in [0.29, 0.717) is 10.6 Å². The molecule has 1 aromatic heterocycles. The highest BCUT2D eigenvalue weighted by molar-refractivity contribution is 7.16. The van der Waals surface area contributed by atoms with Crippen molar-refractivity contribution in [1.29, 1.82) is 5.26 Å². The first-order valence-electron chi connectivity index (χ1n) is 3.05. The first-order chi connectivity index (χ1) is 5.63. The summed E-state index contributed by atoms with van der Waals surface area (Å²) in [7, 11) is 0. The van der Waals surface area contributed by atoms with Crippen LogP contribution in [0.5, 0.6) is 0 Å². The van der Waals surface area contributed by atoms with Gasteiger partial charge >= 0.3 is 0 Å². The summed E-state index contributed by atoms with van der Waals surface area (Å²) in [6, 6.07) is 3.47. The van der Waals surface area contributed by atoms with E-state index in [9.17, 15) is 10.1 Å². The molecule has 0 radical (unpaired) electrons. The summed E-state index contributed by atoms with van der Waals surface area (Å²) in [6.45, 7) is 1.79. The maximum Gasteiger partial charge on any atom is 0.172 e. The number of rotatable bonds is 2. The Bertz CT molecular complexity index is 352. The van der Waals surface area contributed by atoms with Crippen molar-refractivity contribution in [1.82, 2.24) is 0 Å². The van der Waals surface area contributed by atoms with E-state index in [1.165, 1.54) is 11.3 Å². The SMILES string of the molecule is Cc1cc(C#N)c(N[N+](=O)[O-])s1. The number of nitrogens with one attached hydrogen (secondary N) is 1. The first-order valence-corrected chi connectivity index (χ1v) is 3.86. The van der Waals surface area contributed by atoms with Crippen molar-refractivity contribution in [3.63, 3.8) is 0 Å². The Morgan fingerprint density at radius 2 is 2.50 bits per heavy atom. The molecule has 0 aliphatic heterocycles. The number of hydrazine groups is 1. The lowest BCUT2D eigenvalue weighted by molar-refractivity contribution is -0.444. The Balaban J connectivity index is 2.99. The molecule has 1 heterocycles. The second-order valence-corrected chi connectivity index (χ2v) is 3.34. The van der Waals surface area contributed by atoms with Crippen LogP contribution in [0.3, 0.4) is 0 Å². The van der Waals surface area contributed by atoms with Gasteiger partial charge in [-0.3, -0.25) is 0 Å². The van der Waals surface area contributed by atoms with E-state index in [1.807, 2.05) is 11.5 Å². The van der Waals surface area contributed by atoms with Crippen molar-refractivity contribution < 1.29 is 5.03 Å². The van der Waals surface area contributed by atoms with Crippen LogP contribution >= 0.6 is 11.3 Å². The smallest absolute Gasteiger partial charge is 0.172 e. The van der Waals surface area contributed by atoms with Gasteiger partial charge in [-0.15, -0.1) is 11.3 Å². The van der Waals surface area contributed by atoms with Gasteiger partial charge in [-0.05, 0) is 13.0 Å². The molecular weight excluding hydrogens is 178 g/mol. The minimum atomic E-state index is -0.674. The molecule has 5 nitrogen and oxygen atoms in total. The summed E-state index contributed by atoms with van der Waals surface area (Å²) in [5.74, 6) is 0. The average molecular weight is 183 g/mol. The predicted molar refractivity (Wildman–Crippen MR) is 44.4 cm³/mol. The van der Waals surface area contributed by atoms with Gasteiger partial charge < -0.3 is 0 Å². The van der Waals surface area contributed by atoms with Crippen molar-refractivity contribution in [2.24, 2.45) is 0 Å². The lowest BCUT2D eigenvalue weighted by atomic mass is 10.3. The topological polar surface area (TPSA) is 79.0 Å². The third-order valence-corrected chi connectivity index (χ3v) is 2.12. The zero-order valence-electron chi connectivity index (χ0n) is 6.20. The van der Waals surface area contributed by atoms with Gasteiger partial charge in [0.15, 0.2) is 10.0 Å². The number of aryl methyl sites for hydroxylation is 1. The fourth-order valence-electron chi connectivity index (χ4n) is 0.763. The molecule has 0 saturated carbocycles. The van der Waals surface area contributed by atoms with Crippen molar-refractivity contribution in [2.45, 2.75) is 6.92 Å². The highest BCUT2D eigenvalue weighted by atomic mass is 32.1. The minimum absolute atomic E-state index is 0.292. The summed E-state index contributed by atoms with van der Waals surface area (Å²) in [4.78, 5) is 10.9. The zero-order chi connectivity index (χ0) is 9.14. The van der Waals surface area contributed by atoms with Crippen molar-refractivity contribution in [3.8, 4) is 6.07 Å².